The van der Waals surface area contributed by atoms with Crippen molar-refractivity contribution in [1.82, 2.24) is 15.6 Å². The highest BCUT2D eigenvalue weighted by Gasteiger charge is 2.15. The fraction of sp³-hybridized carbons (Fsp3) is 0.600. The molecule has 5 heteroatoms. The number of hydrogen-bond acceptors (Lipinski definition) is 2. The van der Waals surface area contributed by atoms with Crippen LogP contribution in [0.25, 0.3) is 0 Å². The summed E-state index contributed by atoms with van der Waals surface area (Å²) >= 11 is 0. The minimum Gasteiger partial charge on any atom is -0.357 e. The molecule has 0 spiro atoms. The van der Waals surface area contributed by atoms with Crippen molar-refractivity contribution in [3.63, 3.8) is 0 Å². The topological polar surface area (TPSA) is 49.3 Å². The number of guanidine groups is 1. The van der Waals surface area contributed by atoms with Crippen molar-refractivity contribution in [2.75, 3.05) is 6.54 Å². The Bertz CT molecular complexity index is 428. The van der Waals surface area contributed by atoms with Gasteiger partial charge >= 0.3 is 0 Å². The maximum atomic E-state index is 4.64. The Morgan fingerprint density at radius 3 is 2.80 bits per heavy atom. The predicted octanol–water partition coefficient (Wildman–Crippen LogP) is 3.01. The third-order valence-electron chi connectivity index (χ3n) is 3.55. The van der Waals surface area contributed by atoms with Crippen LogP contribution in [0.2, 0.25) is 0 Å². The van der Waals surface area contributed by atoms with Gasteiger partial charge in [0, 0.05) is 18.8 Å². The van der Waals surface area contributed by atoms with Gasteiger partial charge in [0.05, 0.1) is 12.2 Å². The first kappa shape index (κ1) is 17.2. The number of aromatic nitrogens is 1. The second-order valence-electron chi connectivity index (χ2n) is 5.09. The molecule has 0 unspecified atom stereocenters. The van der Waals surface area contributed by atoms with Gasteiger partial charge in [-0.2, -0.15) is 0 Å². The highest BCUT2D eigenvalue weighted by Crippen LogP contribution is 2.17. The number of rotatable bonds is 4. The van der Waals surface area contributed by atoms with Gasteiger partial charge in [-0.25, -0.2) is 4.99 Å². The zero-order chi connectivity index (χ0) is 13.5. The molecule has 20 heavy (non-hydrogen) atoms. The van der Waals surface area contributed by atoms with Crippen LogP contribution < -0.4 is 10.6 Å². The van der Waals surface area contributed by atoms with Crippen LogP contribution in [0.1, 0.15) is 43.9 Å². The highest BCUT2D eigenvalue weighted by atomic mass is 127. The number of aryl methyl sites for hydroxylation is 1. The molecule has 0 bridgehead atoms. The maximum absolute atomic E-state index is 4.64. The second-order valence-corrected chi connectivity index (χ2v) is 5.09. The van der Waals surface area contributed by atoms with Crippen LogP contribution in [0.15, 0.2) is 23.3 Å². The molecule has 0 radical (unpaired) electrons. The van der Waals surface area contributed by atoms with E-state index in [2.05, 4.69) is 40.5 Å². The fourth-order valence-corrected chi connectivity index (χ4v) is 2.42. The van der Waals surface area contributed by atoms with Crippen LogP contribution in [0.3, 0.4) is 0 Å². The van der Waals surface area contributed by atoms with Gasteiger partial charge in [-0.3, -0.25) is 4.98 Å². The maximum Gasteiger partial charge on any atom is 0.191 e. The number of nitrogens with zero attached hydrogens (tertiary/aromatic N) is 2. The van der Waals surface area contributed by atoms with E-state index in [0.717, 1.165) is 18.2 Å². The predicted molar refractivity (Wildman–Crippen MR) is 94.6 cm³/mol. The van der Waals surface area contributed by atoms with E-state index in [1.165, 1.54) is 31.2 Å². The van der Waals surface area contributed by atoms with E-state index in [9.17, 15) is 0 Å². The average molecular weight is 388 g/mol. The number of hydrogen-bond donors (Lipinski definition) is 2. The lowest BCUT2D eigenvalue weighted by molar-refractivity contribution is 0.613. The molecule has 1 heterocycles. The normalized spacial score (nSPS) is 15.8. The van der Waals surface area contributed by atoms with Crippen LogP contribution >= 0.6 is 24.0 Å². The summed E-state index contributed by atoms with van der Waals surface area (Å²) in [5.74, 6) is 0.916. The van der Waals surface area contributed by atoms with Gasteiger partial charge in [0.2, 0.25) is 0 Å². The molecule has 1 aromatic heterocycles. The first-order valence-electron chi connectivity index (χ1n) is 7.25. The summed E-state index contributed by atoms with van der Waals surface area (Å²) in [6.45, 7) is 5.70. The molecule has 1 aromatic rings. The summed E-state index contributed by atoms with van der Waals surface area (Å²) in [6.07, 6.45) is 7.00. The van der Waals surface area contributed by atoms with E-state index in [4.69, 9.17) is 0 Å². The Kier molecular flexibility index (Phi) is 7.87. The molecule has 4 nitrogen and oxygen atoms in total. The molecule has 1 aliphatic carbocycles. The molecule has 112 valence electrons. The zero-order valence-electron chi connectivity index (χ0n) is 12.4. The van der Waals surface area contributed by atoms with Gasteiger partial charge in [0.1, 0.15) is 0 Å². The summed E-state index contributed by atoms with van der Waals surface area (Å²) in [5, 5.41) is 6.83. The summed E-state index contributed by atoms with van der Waals surface area (Å²) in [5.41, 5.74) is 2.24. The van der Waals surface area contributed by atoms with Crippen molar-refractivity contribution < 1.29 is 0 Å². The molecule has 0 amide bonds. The van der Waals surface area contributed by atoms with Crippen molar-refractivity contribution in [3.8, 4) is 0 Å². The SMILES string of the molecule is CCNC(=NCc1ncccc1C)NC1CCCC1.I. The zero-order valence-corrected chi connectivity index (χ0v) is 14.7. The number of halogens is 1. The molecule has 0 saturated heterocycles. The number of nitrogens with one attached hydrogen (secondary N) is 2. The quantitative estimate of drug-likeness (QED) is 0.474. The summed E-state index contributed by atoms with van der Waals surface area (Å²) in [6, 6.07) is 4.63. The van der Waals surface area contributed by atoms with Crippen LogP contribution in [-0.2, 0) is 6.54 Å². The summed E-state index contributed by atoms with van der Waals surface area (Å²) in [7, 11) is 0. The van der Waals surface area contributed by atoms with Crippen molar-refractivity contribution in [2.24, 2.45) is 4.99 Å². The minimum atomic E-state index is 0. The van der Waals surface area contributed by atoms with E-state index in [1.54, 1.807) is 0 Å². The third-order valence-corrected chi connectivity index (χ3v) is 3.55. The monoisotopic (exact) mass is 388 g/mol. The number of aliphatic imine (C=N–C) groups is 1. The van der Waals surface area contributed by atoms with E-state index < -0.39 is 0 Å². The van der Waals surface area contributed by atoms with Crippen LogP contribution in [0.4, 0.5) is 0 Å². The molecule has 1 saturated carbocycles. The lowest BCUT2D eigenvalue weighted by Gasteiger charge is -2.16. The standard InChI is InChI=1S/C15H24N4.HI/c1-3-16-15(19-13-8-4-5-9-13)18-11-14-12(2)7-6-10-17-14;/h6-7,10,13H,3-5,8-9,11H2,1-2H3,(H2,16,18,19);1H. The van der Waals surface area contributed by atoms with Gasteiger partial charge in [-0.05, 0) is 38.3 Å². The Morgan fingerprint density at radius 2 is 2.15 bits per heavy atom. The summed E-state index contributed by atoms with van der Waals surface area (Å²) < 4.78 is 0. The highest BCUT2D eigenvalue weighted by molar-refractivity contribution is 14.0. The van der Waals surface area contributed by atoms with Gasteiger partial charge in [-0.15, -0.1) is 24.0 Å². The van der Waals surface area contributed by atoms with Gasteiger partial charge in [-0.1, -0.05) is 18.9 Å². The average Bonchev–Trinajstić information content (AvgIpc) is 2.91. The molecule has 2 rings (SSSR count). The molecule has 1 aliphatic rings. The molecule has 1 fully saturated rings. The van der Waals surface area contributed by atoms with E-state index in [-0.39, 0.29) is 24.0 Å². The van der Waals surface area contributed by atoms with Gasteiger partial charge in [0.25, 0.3) is 0 Å². The molecule has 0 aromatic carbocycles. The third kappa shape index (κ3) is 5.26. The van der Waals surface area contributed by atoms with Crippen molar-refractivity contribution in [3.05, 3.63) is 29.6 Å². The van der Waals surface area contributed by atoms with Gasteiger partial charge < -0.3 is 10.6 Å². The van der Waals surface area contributed by atoms with Crippen molar-refractivity contribution in [1.29, 1.82) is 0 Å². The Balaban J connectivity index is 0.00000200. The lowest BCUT2D eigenvalue weighted by atomic mass is 10.2. The molecule has 0 aliphatic heterocycles. The Morgan fingerprint density at radius 1 is 1.40 bits per heavy atom. The van der Waals surface area contributed by atoms with E-state index in [1.807, 2.05) is 12.3 Å². The molecular formula is C15H25IN4. The molecule has 0 atom stereocenters. The second kappa shape index (κ2) is 9.15. The van der Waals surface area contributed by atoms with Crippen molar-refractivity contribution in [2.45, 2.75) is 52.1 Å². The first-order valence-corrected chi connectivity index (χ1v) is 7.25. The van der Waals surface area contributed by atoms with Crippen LogP contribution in [0, 0.1) is 6.92 Å². The molecule has 2 N–H and O–H groups in total. The van der Waals surface area contributed by atoms with Crippen molar-refractivity contribution >= 4 is 29.9 Å². The Hall–Kier alpha value is -0.850. The summed E-state index contributed by atoms with van der Waals surface area (Å²) in [4.78, 5) is 9.02. The minimum absolute atomic E-state index is 0. The van der Waals surface area contributed by atoms with E-state index in [0.29, 0.717) is 12.6 Å². The first-order chi connectivity index (χ1) is 9.29. The smallest absolute Gasteiger partial charge is 0.191 e. The Labute approximate surface area is 138 Å². The van der Waals surface area contributed by atoms with Gasteiger partial charge in [0.15, 0.2) is 5.96 Å². The molecular weight excluding hydrogens is 363 g/mol. The number of pyridine rings is 1. The van der Waals surface area contributed by atoms with E-state index >= 15 is 0 Å². The largest absolute Gasteiger partial charge is 0.357 e. The lowest BCUT2D eigenvalue weighted by Crippen LogP contribution is -2.42. The van der Waals surface area contributed by atoms with Crippen LogP contribution in [0.5, 0.6) is 0 Å². The fourth-order valence-electron chi connectivity index (χ4n) is 2.42. The van der Waals surface area contributed by atoms with Crippen LogP contribution in [-0.4, -0.2) is 23.5 Å².